The second-order valence-corrected chi connectivity index (χ2v) is 12.2. The Morgan fingerprint density at radius 2 is 2.00 bits per heavy atom. The lowest BCUT2D eigenvalue weighted by Gasteiger charge is -2.31. The van der Waals surface area contributed by atoms with E-state index in [1.54, 1.807) is 23.1 Å². The first kappa shape index (κ1) is 23.6. The molecule has 1 aliphatic heterocycles. The number of fused-ring (bicyclic) bond motifs is 1. The fourth-order valence-corrected chi connectivity index (χ4v) is 7.64. The molecule has 2 radical (unpaired) electrons. The highest BCUT2D eigenvalue weighted by Gasteiger charge is 2.33. The summed E-state index contributed by atoms with van der Waals surface area (Å²) in [5.74, 6) is 0.835. The second-order valence-electron chi connectivity index (χ2n) is 7.98. The van der Waals surface area contributed by atoms with Crippen LogP contribution in [-0.4, -0.2) is 53.2 Å². The van der Waals surface area contributed by atoms with Crippen molar-refractivity contribution in [3.63, 3.8) is 0 Å². The number of aromatic nitrogens is 4. The largest absolute Gasteiger partial charge is 0.366 e. The average molecular weight is 533 g/mol. The number of nitrogens with zero attached hydrogens (tertiary/aromatic N) is 5. The summed E-state index contributed by atoms with van der Waals surface area (Å²) in [6.07, 6.45) is 6.34. The van der Waals surface area contributed by atoms with Crippen LogP contribution in [0, 0.1) is 0 Å². The van der Waals surface area contributed by atoms with E-state index in [1.165, 1.54) is 10.4 Å². The number of piperidine rings is 1. The quantitative estimate of drug-likeness (QED) is 0.382. The third-order valence-electron chi connectivity index (χ3n) is 5.83. The molecule has 0 aliphatic carbocycles. The first-order valence-electron chi connectivity index (χ1n) is 10.5. The highest BCUT2D eigenvalue weighted by molar-refractivity contribution is 7.89. The van der Waals surface area contributed by atoms with Crippen molar-refractivity contribution in [1.29, 1.82) is 0 Å². The number of hydrogen-bond acceptors (Lipinski definition) is 7. The molecule has 1 saturated heterocycles. The Morgan fingerprint density at radius 3 is 2.68 bits per heavy atom. The standard InChI is InChI=1S/C21H19BCl2N6O2S2/c22-15-12-27-30-19(26-11-13-2-1-5-25-10-13)8-16(28-21(15)30)14-3-6-29(7-4-14)34(31,32)17-9-18(23)33-20(17)24/h1-2,5,8-10,12,14,26H,3-4,6-7,11H2. The molecule has 4 aromatic rings. The Hall–Kier alpha value is -2.18. The number of pyridine rings is 1. The summed E-state index contributed by atoms with van der Waals surface area (Å²) < 4.78 is 29.8. The Bertz CT molecular complexity index is 1440. The van der Waals surface area contributed by atoms with Gasteiger partial charge in [-0.25, -0.2) is 13.4 Å². The third-order valence-corrected chi connectivity index (χ3v) is 9.48. The van der Waals surface area contributed by atoms with Crippen LogP contribution in [0.1, 0.15) is 30.0 Å². The Kier molecular flexibility index (Phi) is 6.56. The number of hydrogen-bond donors (Lipinski definition) is 1. The van der Waals surface area contributed by atoms with Crippen LogP contribution in [0.15, 0.2) is 47.8 Å². The maximum atomic E-state index is 13.1. The van der Waals surface area contributed by atoms with Gasteiger partial charge >= 0.3 is 0 Å². The highest BCUT2D eigenvalue weighted by Crippen LogP contribution is 2.38. The van der Waals surface area contributed by atoms with E-state index < -0.39 is 10.0 Å². The van der Waals surface area contributed by atoms with Crippen molar-refractivity contribution in [2.75, 3.05) is 18.4 Å². The molecule has 1 N–H and O–H groups in total. The van der Waals surface area contributed by atoms with E-state index in [1.807, 2.05) is 18.2 Å². The van der Waals surface area contributed by atoms with Gasteiger partial charge in [-0.3, -0.25) is 4.98 Å². The maximum Gasteiger partial charge on any atom is 0.245 e. The van der Waals surface area contributed by atoms with Gasteiger partial charge in [-0.2, -0.15) is 13.9 Å². The van der Waals surface area contributed by atoms with Gasteiger partial charge in [-0.1, -0.05) is 29.3 Å². The summed E-state index contributed by atoms with van der Waals surface area (Å²) in [5.41, 5.74) is 2.93. The number of anilines is 1. The summed E-state index contributed by atoms with van der Waals surface area (Å²) in [4.78, 5) is 8.97. The van der Waals surface area contributed by atoms with Crippen LogP contribution < -0.4 is 10.8 Å². The van der Waals surface area contributed by atoms with Crippen molar-refractivity contribution in [1.82, 2.24) is 23.9 Å². The fraction of sp³-hybridized carbons (Fsp3) is 0.286. The van der Waals surface area contributed by atoms with Crippen LogP contribution in [0.3, 0.4) is 0 Å². The van der Waals surface area contributed by atoms with Gasteiger partial charge in [0.2, 0.25) is 10.0 Å². The third kappa shape index (κ3) is 4.55. The predicted molar refractivity (Wildman–Crippen MR) is 135 cm³/mol. The molecule has 34 heavy (non-hydrogen) atoms. The summed E-state index contributed by atoms with van der Waals surface area (Å²) >= 11 is 13.1. The van der Waals surface area contributed by atoms with Gasteiger partial charge < -0.3 is 5.32 Å². The van der Waals surface area contributed by atoms with Crippen molar-refractivity contribution < 1.29 is 8.42 Å². The molecule has 5 heterocycles. The van der Waals surface area contributed by atoms with Gasteiger partial charge in [0.1, 0.15) is 28.5 Å². The van der Waals surface area contributed by atoms with Crippen molar-refractivity contribution in [3.05, 3.63) is 62.8 Å². The molecule has 0 unspecified atom stereocenters. The molecular formula is C21H19BCl2N6O2S2. The van der Waals surface area contributed by atoms with E-state index in [9.17, 15) is 8.42 Å². The molecule has 0 saturated carbocycles. The highest BCUT2D eigenvalue weighted by atomic mass is 35.5. The minimum atomic E-state index is -3.70. The zero-order valence-electron chi connectivity index (χ0n) is 17.9. The number of rotatable bonds is 6. The molecule has 0 aromatic carbocycles. The monoisotopic (exact) mass is 532 g/mol. The minimum Gasteiger partial charge on any atom is -0.366 e. The number of thiophene rings is 1. The molecule has 13 heteroatoms. The molecular weight excluding hydrogens is 514 g/mol. The maximum absolute atomic E-state index is 13.1. The number of nitrogens with one attached hydrogen (secondary N) is 1. The molecule has 1 aliphatic rings. The van der Waals surface area contributed by atoms with E-state index in [0.717, 1.165) is 28.4 Å². The van der Waals surface area contributed by atoms with Gasteiger partial charge in [0.15, 0.2) is 0 Å². The zero-order chi connectivity index (χ0) is 23.9. The van der Waals surface area contributed by atoms with Crippen LogP contribution in [0.25, 0.3) is 5.65 Å². The predicted octanol–water partition coefficient (Wildman–Crippen LogP) is 3.47. The van der Waals surface area contributed by atoms with E-state index in [4.69, 9.17) is 36.0 Å². The van der Waals surface area contributed by atoms with Gasteiger partial charge in [0, 0.05) is 55.9 Å². The molecule has 0 bridgehead atoms. The number of halogens is 2. The molecule has 5 rings (SSSR count). The molecule has 0 spiro atoms. The first-order valence-corrected chi connectivity index (χ1v) is 13.6. The van der Waals surface area contributed by atoms with Crippen LogP contribution in [0.2, 0.25) is 8.67 Å². The fourth-order valence-electron chi connectivity index (χ4n) is 4.06. The topological polar surface area (TPSA) is 92.5 Å². The Labute approximate surface area is 212 Å². The van der Waals surface area contributed by atoms with Gasteiger partial charge in [-0.05, 0) is 36.0 Å². The number of sulfonamides is 1. The average Bonchev–Trinajstić information content (AvgIpc) is 3.39. The first-order chi connectivity index (χ1) is 16.3. The van der Waals surface area contributed by atoms with Crippen LogP contribution >= 0.6 is 34.5 Å². The lowest BCUT2D eigenvalue weighted by atomic mass is 9.94. The van der Waals surface area contributed by atoms with Crippen molar-refractivity contribution in [2.45, 2.75) is 30.2 Å². The minimum absolute atomic E-state index is 0.0658. The normalized spacial score (nSPS) is 15.7. The van der Waals surface area contributed by atoms with E-state index in [-0.39, 0.29) is 15.1 Å². The van der Waals surface area contributed by atoms with Crippen LogP contribution in [-0.2, 0) is 16.6 Å². The zero-order valence-corrected chi connectivity index (χ0v) is 21.0. The van der Waals surface area contributed by atoms with Gasteiger partial charge in [0.05, 0.1) is 4.34 Å². The molecule has 8 nitrogen and oxygen atoms in total. The summed E-state index contributed by atoms with van der Waals surface area (Å²) in [6.45, 7) is 1.28. The van der Waals surface area contributed by atoms with E-state index in [2.05, 4.69) is 15.4 Å². The molecule has 0 atom stereocenters. The van der Waals surface area contributed by atoms with Crippen LogP contribution in [0.5, 0.6) is 0 Å². The molecule has 1 fully saturated rings. The molecule has 4 aromatic heterocycles. The summed E-state index contributed by atoms with van der Waals surface area (Å²) in [6, 6.07) is 7.24. The van der Waals surface area contributed by atoms with Crippen molar-refractivity contribution in [2.24, 2.45) is 0 Å². The van der Waals surface area contributed by atoms with Crippen molar-refractivity contribution >= 4 is 69.3 Å². The van der Waals surface area contributed by atoms with Crippen LogP contribution in [0.4, 0.5) is 5.82 Å². The lowest BCUT2D eigenvalue weighted by molar-refractivity contribution is 0.317. The Balaban J connectivity index is 1.36. The summed E-state index contributed by atoms with van der Waals surface area (Å²) in [5, 5.41) is 7.74. The van der Waals surface area contributed by atoms with E-state index in [0.29, 0.717) is 47.9 Å². The van der Waals surface area contributed by atoms with E-state index >= 15 is 0 Å². The lowest BCUT2D eigenvalue weighted by Crippen LogP contribution is -2.38. The second kappa shape index (κ2) is 9.46. The Morgan fingerprint density at radius 1 is 1.21 bits per heavy atom. The smallest absolute Gasteiger partial charge is 0.245 e. The SMILES string of the molecule is [B]c1cnn2c(NCc3cccnc3)cc(C3CCN(S(=O)(=O)c4cc(Cl)sc4Cl)CC3)nc12. The molecule has 0 amide bonds. The van der Waals surface area contributed by atoms with Gasteiger partial charge in [-0.15, -0.1) is 11.3 Å². The molecule has 174 valence electrons. The van der Waals surface area contributed by atoms with Crippen molar-refractivity contribution in [3.8, 4) is 0 Å². The van der Waals surface area contributed by atoms with Gasteiger partial charge in [0.25, 0.3) is 0 Å². The summed E-state index contributed by atoms with van der Waals surface area (Å²) in [7, 11) is 2.41.